The summed E-state index contributed by atoms with van der Waals surface area (Å²) in [6.45, 7) is 11.4. The van der Waals surface area contributed by atoms with Gasteiger partial charge in [-0.3, -0.25) is 9.59 Å². The fourth-order valence-corrected chi connectivity index (χ4v) is 7.36. The molecule has 4 amide bonds. The van der Waals surface area contributed by atoms with Crippen LogP contribution in [0.3, 0.4) is 0 Å². The summed E-state index contributed by atoms with van der Waals surface area (Å²) < 4.78 is 2.07. The molecule has 1 N–H and O–H groups in total. The first kappa shape index (κ1) is 35.0. The van der Waals surface area contributed by atoms with E-state index in [-0.39, 0.29) is 23.9 Å². The average Bonchev–Trinajstić information content (AvgIpc) is 3.43. The van der Waals surface area contributed by atoms with Crippen LogP contribution in [0.2, 0.25) is 0 Å². The van der Waals surface area contributed by atoms with Crippen molar-refractivity contribution < 1.29 is 14.4 Å². The molecular formula is C42H51N5O3. The third-order valence-electron chi connectivity index (χ3n) is 10.6. The highest BCUT2D eigenvalue weighted by Crippen LogP contribution is 2.35. The summed E-state index contributed by atoms with van der Waals surface area (Å²) >= 11 is 0. The van der Waals surface area contributed by atoms with Crippen LogP contribution >= 0.6 is 0 Å². The molecule has 0 radical (unpaired) electrons. The minimum absolute atomic E-state index is 0.0207. The second kappa shape index (κ2) is 15.4. The number of carbonyl (C=O) groups is 3. The van der Waals surface area contributed by atoms with E-state index in [0.717, 1.165) is 79.0 Å². The van der Waals surface area contributed by atoms with Crippen molar-refractivity contribution >= 4 is 23.5 Å². The van der Waals surface area contributed by atoms with Gasteiger partial charge >= 0.3 is 6.03 Å². The molecule has 1 aromatic heterocycles. The Morgan fingerprint density at radius 3 is 2.20 bits per heavy atom. The zero-order chi connectivity index (χ0) is 35.4. The van der Waals surface area contributed by atoms with E-state index >= 15 is 0 Å². The zero-order valence-corrected chi connectivity index (χ0v) is 30.3. The van der Waals surface area contributed by atoms with Crippen LogP contribution in [0, 0.1) is 6.92 Å². The summed E-state index contributed by atoms with van der Waals surface area (Å²) in [6, 6.07) is 23.9. The molecule has 8 nitrogen and oxygen atoms in total. The van der Waals surface area contributed by atoms with E-state index in [2.05, 4.69) is 54.9 Å². The number of nitrogens with one attached hydrogen (secondary N) is 1. The molecule has 0 saturated carbocycles. The van der Waals surface area contributed by atoms with Gasteiger partial charge in [0.1, 0.15) is 0 Å². The molecule has 2 aliphatic heterocycles. The average molecular weight is 674 g/mol. The van der Waals surface area contributed by atoms with Gasteiger partial charge in [-0.1, -0.05) is 69.2 Å². The number of aromatic nitrogens is 1. The number of para-hydroxylation sites is 1. The Morgan fingerprint density at radius 2 is 1.50 bits per heavy atom. The number of hydrogen-bond donors (Lipinski definition) is 1. The quantitative estimate of drug-likeness (QED) is 0.184. The first-order valence-corrected chi connectivity index (χ1v) is 18.3. The van der Waals surface area contributed by atoms with Crippen molar-refractivity contribution in [3.8, 4) is 11.3 Å². The minimum atomic E-state index is -0.156. The van der Waals surface area contributed by atoms with Crippen LogP contribution in [0.25, 0.3) is 11.3 Å². The normalized spacial score (nSPS) is 15.3. The Kier molecular flexibility index (Phi) is 10.8. The molecule has 2 aliphatic rings. The van der Waals surface area contributed by atoms with Crippen molar-refractivity contribution in [3.05, 3.63) is 112 Å². The largest absolute Gasteiger partial charge is 0.347 e. The van der Waals surface area contributed by atoms with Gasteiger partial charge in [-0.15, -0.1) is 0 Å². The van der Waals surface area contributed by atoms with Crippen LogP contribution in [-0.2, 0) is 33.0 Å². The molecule has 0 saturated heterocycles. The van der Waals surface area contributed by atoms with Crippen molar-refractivity contribution in [2.75, 3.05) is 25.0 Å². The van der Waals surface area contributed by atoms with E-state index in [9.17, 15) is 14.4 Å². The van der Waals surface area contributed by atoms with E-state index in [1.54, 1.807) is 0 Å². The molecule has 0 aliphatic carbocycles. The van der Waals surface area contributed by atoms with Crippen molar-refractivity contribution in [1.82, 2.24) is 19.3 Å². The molecule has 3 heterocycles. The topological polar surface area (TPSA) is 77.9 Å². The Bertz CT molecular complexity index is 1850. The number of unbranched alkanes of at least 4 members (excludes halogenated alkanes) is 2. The van der Waals surface area contributed by atoms with Crippen molar-refractivity contribution in [2.45, 2.75) is 85.4 Å². The van der Waals surface area contributed by atoms with Gasteiger partial charge in [0.25, 0.3) is 11.8 Å². The summed E-state index contributed by atoms with van der Waals surface area (Å²) in [4.78, 5) is 48.0. The van der Waals surface area contributed by atoms with Crippen LogP contribution in [0.1, 0.15) is 95.1 Å². The molecule has 6 rings (SSSR count). The van der Waals surface area contributed by atoms with E-state index in [0.29, 0.717) is 37.2 Å². The fraction of sp³-hybridized carbons (Fsp3) is 0.405. The van der Waals surface area contributed by atoms with Crippen LogP contribution < -0.4 is 5.32 Å². The molecule has 0 spiro atoms. The third kappa shape index (κ3) is 7.21. The first-order valence-electron chi connectivity index (χ1n) is 18.3. The maximum Gasteiger partial charge on any atom is 0.322 e. The number of nitrogens with zero attached hydrogens (tertiary/aromatic N) is 4. The fourth-order valence-electron chi connectivity index (χ4n) is 7.36. The second-order valence-electron chi connectivity index (χ2n) is 14.0. The smallest absolute Gasteiger partial charge is 0.322 e. The lowest BCUT2D eigenvalue weighted by Gasteiger charge is -2.36. The molecule has 0 bridgehead atoms. The van der Waals surface area contributed by atoms with Crippen LogP contribution in [0.5, 0.6) is 0 Å². The van der Waals surface area contributed by atoms with E-state index < -0.39 is 0 Å². The van der Waals surface area contributed by atoms with Gasteiger partial charge < -0.3 is 24.6 Å². The molecule has 4 aromatic rings. The maximum atomic E-state index is 14.8. The number of hydrogen-bond acceptors (Lipinski definition) is 3. The molecule has 0 fully saturated rings. The Hall–Kier alpha value is -4.85. The summed E-state index contributed by atoms with van der Waals surface area (Å²) in [5.41, 5.74) is 9.18. The lowest BCUT2D eigenvalue weighted by molar-refractivity contribution is 0.0658. The van der Waals surface area contributed by atoms with Gasteiger partial charge in [0.2, 0.25) is 0 Å². The number of amides is 4. The Labute approximate surface area is 297 Å². The number of benzene rings is 3. The summed E-state index contributed by atoms with van der Waals surface area (Å²) in [7, 11) is 1.99. The molecule has 0 unspecified atom stereocenters. The maximum absolute atomic E-state index is 14.8. The molecule has 262 valence electrons. The zero-order valence-electron chi connectivity index (χ0n) is 30.3. The second-order valence-corrected chi connectivity index (χ2v) is 14.0. The highest BCUT2D eigenvalue weighted by atomic mass is 16.2. The molecule has 8 heteroatoms. The minimum Gasteiger partial charge on any atom is -0.347 e. The van der Waals surface area contributed by atoms with E-state index in [1.807, 2.05) is 77.2 Å². The number of rotatable bonds is 10. The summed E-state index contributed by atoms with van der Waals surface area (Å²) in [5, 5.41) is 3.02. The standard InChI is InChI=1S/C42H51N5O3/c1-6-8-20-45(21-9-7-2)40(48)36-26-39(44(5)30(36)4)37-24-32-19-22-46(42(50)43-35-17-11-10-12-18-35)27-34(32)25-38(37)41(49)47-28-33-16-14-13-15-31(33)23-29(47)3/h10-18,24-26,29H,6-9,19-23,27-28H2,1-5H3,(H,43,50)/t29-/m1/s1. The summed E-state index contributed by atoms with van der Waals surface area (Å²) in [5.74, 6) is 0.0216. The van der Waals surface area contributed by atoms with Gasteiger partial charge in [0, 0.05) is 74.0 Å². The van der Waals surface area contributed by atoms with E-state index in [4.69, 9.17) is 0 Å². The highest BCUT2D eigenvalue weighted by molar-refractivity contribution is 6.03. The highest BCUT2D eigenvalue weighted by Gasteiger charge is 2.32. The predicted molar refractivity (Wildman–Crippen MR) is 200 cm³/mol. The van der Waals surface area contributed by atoms with Gasteiger partial charge in [-0.2, -0.15) is 0 Å². The predicted octanol–water partition coefficient (Wildman–Crippen LogP) is 8.22. The molecular weight excluding hydrogens is 622 g/mol. The molecule has 1 atom stereocenters. The molecule has 50 heavy (non-hydrogen) atoms. The number of fused-ring (bicyclic) bond motifs is 2. The van der Waals surface area contributed by atoms with Crippen molar-refractivity contribution in [2.24, 2.45) is 7.05 Å². The van der Waals surface area contributed by atoms with E-state index in [1.165, 1.54) is 11.1 Å². The van der Waals surface area contributed by atoms with Gasteiger partial charge in [-0.05, 0) is 92.1 Å². The lowest BCUT2D eigenvalue weighted by atomic mass is 9.90. The van der Waals surface area contributed by atoms with Crippen LogP contribution in [0.15, 0.2) is 72.8 Å². The Balaban J connectivity index is 1.39. The van der Waals surface area contributed by atoms with Crippen LogP contribution in [0.4, 0.5) is 10.5 Å². The van der Waals surface area contributed by atoms with Gasteiger partial charge in [-0.25, -0.2) is 4.79 Å². The Morgan fingerprint density at radius 1 is 0.820 bits per heavy atom. The molecule has 3 aromatic carbocycles. The lowest BCUT2D eigenvalue weighted by Crippen LogP contribution is -2.43. The number of carbonyl (C=O) groups excluding carboxylic acids is 3. The third-order valence-corrected chi connectivity index (χ3v) is 10.6. The monoisotopic (exact) mass is 673 g/mol. The van der Waals surface area contributed by atoms with Crippen molar-refractivity contribution in [1.29, 1.82) is 0 Å². The first-order chi connectivity index (χ1) is 24.2. The summed E-state index contributed by atoms with van der Waals surface area (Å²) in [6.07, 6.45) is 5.46. The van der Waals surface area contributed by atoms with Gasteiger partial charge in [0.05, 0.1) is 5.56 Å². The van der Waals surface area contributed by atoms with Gasteiger partial charge in [0.15, 0.2) is 0 Å². The van der Waals surface area contributed by atoms with Crippen molar-refractivity contribution in [3.63, 3.8) is 0 Å². The number of anilines is 1. The SMILES string of the molecule is CCCCN(CCCC)C(=O)c1cc(-c2cc3c(cc2C(=O)N2Cc4ccccc4C[C@H]2C)CN(C(=O)Nc2ccccc2)CC3)n(C)c1C. The van der Waals surface area contributed by atoms with Crippen LogP contribution in [-0.4, -0.2) is 62.8 Å². The number of urea groups is 1.